The normalized spacial score (nSPS) is 25.6. The molecule has 4 N–H and O–H groups in total. The molecule has 2 aliphatic carbocycles. The molecular formula is C20H37N5O4. The highest BCUT2D eigenvalue weighted by molar-refractivity contribution is 5.67. The molecule has 0 saturated heterocycles. The number of likely N-dealkylation sites (N-methyl/N-ethyl adjacent to an activating group) is 1. The van der Waals surface area contributed by atoms with Gasteiger partial charge in [0.1, 0.15) is 0 Å². The largest absolute Gasteiger partial charge is 0.449 e. The lowest BCUT2D eigenvalue weighted by Gasteiger charge is -2.19. The Morgan fingerprint density at radius 2 is 1.83 bits per heavy atom. The molecule has 0 aromatic carbocycles. The number of carbonyl (C=O) groups is 1. The van der Waals surface area contributed by atoms with Crippen LogP contribution in [0.3, 0.4) is 0 Å². The van der Waals surface area contributed by atoms with E-state index in [0.717, 1.165) is 32.4 Å². The molecule has 3 unspecified atom stereocenters. The predicted molar refractivity (Wildman–Crippen MR) is 110 cm³/mol. The average Bonchev–Trinajstić information content (AvgIpc) is 3.22. The van der Waals surface area contributed by atoms with Crippen molar-refractivity contribution in [1.82, 2.24) is 26.6 Å². The van der Waals surface area contributed by atoms with Crippen LogP contribution >= 0.6 is 0 Å². The average molecular weight is 412 g/mol. The number of alkyl carbamates (subject to hydrolysis) is 1. The summed E-state index contributed by atoms with van der Waals surface area (Å²) in [5, 5.41) is 7.98. The van der Waals surface area contributed by atoms with Crippen LogP contribution in [0.4, 0.5) is 4.79 Å². The van der Waals surface area contributed by atoms with Gasteiger partial charge in [0.05, 0.1) is 38.7 Å². The van der Waals surface area contributed by atoms with Crippen LogP contribution in [0.25, 0.3) is 0 Å². The molecule has 3 aliphatic rings. The first-order chi connectivity index (χ1) is 14.2. The van der Waals surface area contributed by atoms with Gasteiger partial charge in [-0.1, -0.05) is 0 Å². The van der Waals surface area contributed by atoms with Gasteiger partial charge < -0.3 is 30.3 Å². The zero-order valence-corrected chi connectivity index (χ0v) is 17.8. The molecular weight excluding hydrogens is 374 g/mol. The van der Waals surface area contributed by atoms with Gasteiger partial charge in [0.2, 0.25) is 0 Å². The highest BCUT2D eigenvalue weighted by atomic mass is 16.6. The summed E-state index contributed by atoms with van der Waals surface area (Å²) in [5.41, 5.74) is 9.30. The summed E-state index contributed by atoms with van der Waals surface area (Å²) in [6.07, 6.45) is 4.14. The van der Waals surface area contributed by atoms with Gasteiger partial charge in [-0.3, -0.25) is 5.01 Å². The minimum atomic E-state index is -0.346. The molecule has 3 atom stereocenters. The molecule has 1 saturated carbocycles. The molecule has 0 bridgehead atoms. The van der Waals surface area contributed by atoms with Gasteiger partial charge in [0.25, 0.3) is 0 Å². The van der Waals surface area contributed by atoms with E-state index in [-0.39, 0.29) is 6.09 Å². The van der Waals surface area contributed by atoms with Crippen LogP contribution in [0, 0.1) is 17.8 Å². The fourth-order valence-electron chi connectivity index (χ4n) is 4.39. The fraction of sp³-hybridized carbons (Fsp3) is 0.850. The number of nitrogens with one attached hydrogen (secondary N) is 4. The molecule has 0 radical (unpaired) electrons. The molecule has 1 amide bonds. The van der Waals surface area contributed by atoms with Crippen molar-refractivity contribution < 1.29 is 19.0 Å². The minimum absolute atomic E-state index is 0.346. The van der Waals surface area contributed by atoms with Gasteiger partial charge in [-0.2, -0.15) is 0 Å². The molecule has 0 aromatic heterocycles. The van der Waals surface area contributed by atoms with Crippen molar-refractivity contribution >= 4 is 6.09 Å². The van der Waals surface area contributed by atoms with E-state index in [9.17, 15) is 4.79 Å². The Balaban J connectivity index is 1.23. The topological polar surface area (TPSA) is 96.1 Å². The van der Waals surface area contributed by atoms with Crippen molar-refractivity contribution in [3.63, 3.8) is 0 Å². The number of rotatable bonds is 12. The Labute approximate surface area is 173 Å². The van der Waals surface area contributed by atoms with Gasteiger partial charge >= 0.3 is 6.09 Å². The lowest BCUT2D eigenvalue weighted by atomic mass is 10.0. The SMILES string of the molecule is CCN1NNC2=C1CCC1C(CC2)C1COC(=O)NCCOCCOCCNC. The van der Waals surface area contributed by atoms with Crippen LogP contribution in [-0.4, -0.2) is 70.8 Å². The first kappa shape index (κ1) is 22.1. The monoisotopic (exact) mass is 411 g/mol. The maximum atomic E-state index is 11.9. The van der Waals surface area contributed by atoms with Crippen molar-refractivity contribution in [3.05, 3.63) is 11.4 Å². The standard InChI is InChI=1S/C20H37N5O4/c1-3-25-19-7-5-16-15(4-6-18(19)23-24-25)17(16)14-29-20(26)22-9-11-28-13-12-27-10-8-21-2/h15-17,21,23-24H,3-14H2,1-2H3,(H,22,26). The molecule has 1 aliphatic heterocycles. The summed E-state index contributed by atoms with van der Waals surface area (Å²) in [6, 6.07) is 0. The second-order valence-corrected chi connectivity index (χ2v) is 7.83. The second-order valence-electron chi connectivity index (χ2n) is 7.83. The zero-order valence-electron chi connectivity index (χ0n) is 17.8. The van der Waals surface area contributed by atoms with E-state index < -0.39 is 0 Å². The van der Waals surface area contributed by atoms with Gasteiger partial charge in [0.15, 0.2) is 0 Å². The second kappa shape index (κ2) is 11.6. The fourth-order valence-corrected chi connectivity index (χ4v) is 4.39. The third-order valence-corrected chi connectivity index (χ3v) is 6.07. The number of hydrogen-bond donors (Lipinski definition) is 4. The highest BCUT2D eigenvalue weighted by Crippen LogP contribution is 2.54. The van der Waals surface area contributed by atoms with E-state index >= 15 is 0 Å². The lowest BCUT2D eigenvalue weighted by molar-refractivity contribution is 0.0496. The summed E-state index contributed by atoms with van der Waals surface area (Å²) in [5.74, 6) is 1.87. The number of hydrazine groups is 2. The van der Waals surface area contributed by atoms with Crippen LogP contribution in [0.1, 0.15) is 32.6 Å². The van der Waals surface area contributed by atoms with Crippen LogP contribution in [0.2, 0.25) is 0 Å². The van der Waals surface area contributed by atoms with Crippen LogP contribution in [0.5, 0.6) is 0 Å². The maximum absolute atomic E-state index is 11.9. The van der Waals surface area contributed by atoms with Crippen LogP contribution in [-0.2, 0) is 14.2 Å². The number of allylic oxidation sites excluding steroid dienone is 2. The van der Waals surface area contributed by atoms with Gasteiger partial charge in [0, 0.05) is 25.3 Å². The van der Waals surface area contributed by atoms with E-state index in [4.69, 9.17) is 14.2 Å². The minimum Gasteiger partial charge on any atom is -0.449 e. The Morgan fingerprint density at radius 1 is 1.10 bits per heavy atom. The number of ether oxygens (including phenoxy) is 3. The first-order valence-electron chi connectivity index (χ1n) is 11.0. The molecule has 29 heavy (non-hydrogen) atoms. The Bertz CT molecular complexity index is 559. The first-order valence-corrected chi connectivity index (χ1v) is 11.0. The van der Waals surface area contributed by atoms with Crippen molar-refractivity contribution in [2.75, 3.05) is 59.7 Å². The van der Waals surface area contributed by atoms with Crippen LogP contribution in [0.15, 0.2) is 11.4 Å². The van der Waals surface area contributed by atoms with Crippen LogP contribution < -0.4 is 21.6 Å². The van der Waals surface area contributed by atoms with Crippen molar-refractivity contribution in [2.24, 2.45) is 17.8 Å². The number of carbonyl (C=O) groups excluding carboxylic acids is 1. The van der Waals surface area contributed by atoms with Crippen molar-refractivity contribution in [2.45, 2.75) is 32.6 Å². The zero-order chi connectivity index (χ0) is 20.5. The van der Waals surface area contributed by atoms with Gasteiger partial charge in [-0.25, -0.2) is 4.79 Å². The molecule has 3 rings (SSSR count). The Hall–Kier alpha value is -1.55. The molecule has 166 valence electrons. The van der Waals surface area contributed by atoms with Crippen molar-refractivity contribution in [3.8, 4) is 0 Å². The number of nitrogens with zero attached hydrogens (tertiary/aromatic N) is 1. The van der Waals surface area contributed by atoms with E-state index in [1.54, 1.807) is 0 Å². The third-order valence-electron chi connectivity index (χ3n) is 6.07. The summed E-state index contributed by atoms with van der Waals surface area (Å²) in [7, 11) is 1.89. The molecule has 1 fully saturated rings. The molecule has 1 heterocycles. The van der Waals surface area contributed by atoms with E-state index in [1.807, 2.05) is 7.05 Å². The van der Waals surface area contributed by atoms with Gasteiger partial charge in [-0.15, -0.1) is 5.53 Å². The summed E-state index contributed by atoms with van der Waals surface area (Å²) in [4.78, 5) is 11.9. The van der Waals surface area contributed by atoms with E-state index in [1.165, 1.54) is 17.8 Å². The molecule has 9 heteroatoms. The quantitative estimate of drug-likeness (QED) is 0.353. The number of hydrogen-bond acceptors (Lipinski definition) is 8. The summed E-state index contributed by atoms with van der Waals surface area (Å²) >= 11 is 0. The predicted octanol–water partition coefficient (Wildman–Crippen LogP) is 0.958. The molecule has 0 spiro atoms. The smallest absolute Gasteiger partial charge is 0.407 e. The summed E-state index contributed by atoms with van der Waals surface area (Å²) < 4.78 is 16.2. The Kier molecular flexibility index (Phi) is 8.85. The van der Waals surface area contributed by atoms with Gasteiger partial charge in [-0.05, 0) is 57.4 Å². The third kappa shape index (κ3) is 6.47. The molecule has 0 aromatic rings. The van der Waals surface area contributed by atoms with E-state index in [0.29, 0.717) is 57.3 Å². The van der Waals surface area contributed by atoms with Crippen molar-refractivity contribution in [1.29, 1.82) is 0 Å². The lowest BCUT2D eigenvalue weighted by Crippen LogP contribution is -2.37. The number of fused-ring (bicyclic) bond motifs is 1. The highest BCUT2D eigenvalue weighted by Gasteiger charge is 2.50. The number of amides is 1. The summed E-state index contributed by atoms with van der Waals surface area (Å²) in [6.45, 7) is 7.16. The molecule has 9 nitrogen and oxygen atoms in total. The maximum Gasteiger partial charge on any atom is 0.407 e. The Morgan fingerprint density at radius 3 is 2.55 bits per heavy atom. The van der Waals surface area contributed by atoms with E-state index in [2.05, 4.69) is 33.5 Å².